The lowest BCUT2D eigenvalue weighted by Gasteiger charge is -2.33. The molecule has 5 N–H and O–H groups in total. The molecule has 0 aliphatic carbocycles. The lowest BCUT2D eigenvalue weighted by Crippen LogP contribution is -2.43. The van der Waals surface area contributed by atoms with E-state index in [0.717, 1.165) is 31.1 Å². The Kier molecular flexibility index (Phi) is 8.09. The van der Waals surface area contributed by atoms with Gasteiger partial charge in [0.2, 0.25) is 0 Å². The van der Waals surface area contributed by atoms with Crippen molar-refractivity contribution in [3.63, 3.8) is 0 Å². The van der Waals surface area contributed by atoms with Crippen molar-refractivity contribution in [1.82, 2.24) is 9.97 Å². The largest absolute Gasteiger partial charge is 0.486 e. The maximum Gasteiger partial charge on any atom is 0.276 e. The van der Waals surface area contributed by atoms with Gasteiger partial charge in [-0.05, 0) is 49.2 Å². The molecule has 206 valence electrons. The van der Waals surface area contributed by atoms with Crippen LogP contribution < -0.4 is 26.4 Å². The molecule has 8 nitrogen and oxygen atoms in total. The number of ether oxygens (including phenoxy) is 1. The summed E-state index contributed by atoms with van der Waals surface area (Å²) >= 11 is 6.16. The molecule has 0 spiro atoms. The van der Waals surface area contributed by atoms with Crippen LogP contribution in [0.3, 0.4) is 0 Å². The third-order valence-electron chi connectivity index (χ3n) is 6.64. The molecule has 1 atom stereocenters. The van der Waals surface area contributed by atoms with Gasteiger partial charge in [0.15, 0.2) is 17.3 Å². The van der Waals surface area contributed by atoms with E-state index in [9.17, 15) is 9.18 Å². The van der Waals surface area contributed by atoms with Gasteiger partial charge in [-0.15, -0.1) is 0 Å². The molecular formula is C29H27ClF2N6O2. The molecule has 1 saturated heterocycles. The highest BCUT2D eigenvalue weighted by molar-refractivity contribution is 6.31. The first-order valence-electron chi connectivity index (χ1n) is 12.7. The second kappa shape index (κ2) is 11.8. The number of benzene rings is 2. The van der Waals surface area contributed by atoms with Crippen LogP contribution in [0.1, 0.15) is 28.9 Å². The summed E-state index contributed by atoms with van der Waals surface area (Å²) in [5.74, 6) is -2.68. The number of carbonyl (C=O) groups is 1. The molecule has 1 aliphatic rings. The van der Waals surface area contributed by atoms with Crippen LogP contribution in [-0.4, -0.2) is 35.0 Å². The average molecular weight is 565 g/mol. The summed E-state index contributed by atoms with van der Waals surface area (Å²) in [7, 11) is 0. The number of amides is 1. The number of piperidine rings is 1. The number of halogens is 3. The Hall–Kier alpha value is -4.28. The topological polar surface area (TPSA) is 119 Å². The van der Waals surface area contributed by atoms with Crippen LogP contribution >= 0.6 is 11.6 Å². The molecular weight excluding hydrogens is 538 g/mol. The minimum absolute atomic E-state index is 0.0219. The van der Waals surface area contributed by atoms with Gasteiger partial charge in [0, 0.05) is 35.9 Å². The third kappa shape index (κ3) is 5.83. The molecule has 11 heteroatoms. The number of nitrogens with one attached hydrogen (secondary N) is 1. The van der Waals surface area contributed by atoms with Crippen molar-refractivity contribution in [3.8, 4) is 17.0 Å². The van der Waals surface area contributed by atoms with Gasteiger partial charge in [0.1, 0.15) is 12.4 Å². The maximum absolute atomic E-state index is 15.5. The van der Waals surface area contributed by atoms with Crippen molar-refractivity contribution < 1.29 is 18.3 Å². The van der Waals surface area contributed by atoms with Gasteiger partial charge in [-0.2, -0.15) is 0 Å². The molecule has 1 fully saturated rings. The minimum Gasteiger partial charge on any atom is -0.486 e. The predicted molar refractivity (Wildman–Crippen MR) is 151 cm³/mol. The van der Waals surface area contributed by atoms with E-state index in [1.807, 2.05) is 0 Å². The van der Waals surface area contributed by atoms with E-state index in [0.29, 0.717) is 22.8 Å². The molecule has 0 radical (unpaired) electrons. The number of nitrogens with two attached hydrogens (primary N) is 2. The summed E-state index contributed by atoms with van der Waals surface area (Å²) in [5.41, 5.74) is 13.3. The fourth-order valence-corrected chi connectivity index (χ4v) is 4.80. The van der Waals surface area contributed by atoms with E-state index < -0.39 is 23.1 Å². The van der Waals surface area contributed by atoms with Gasteiger partial charge in [-0.1, -0.05) is 29.8 Å². The second-order valence-corrected chi connectivity index (χ2v) is 9.85. The van der Waals surface area contributed by atoms with E-state index in [-0.39, 0.29) is 35.5 Å². The van der Waals surface area contributed by atoms with Crippen LogP contribution in [0.2, 0.25) is 5.02 Å². The molecule has 1 aliphatic heterocycles. The van der Waals surface area contributed by atoms with Crippen LogP contribution in [0, 0.1) is 11.6 Å². The summed E-state index contributed by atoms with van der Waals surface area (Å²) < 4.78 is 36.0. The SMILES string of the molecule is Nc1ccc(-c2c(F)ccc(OCc3ccccc3Cl)c2F)nc1C(=O)Nc1cnccc1N1CCCC(N)C1. The summed E-state index contributed by atoms with van der Waals surface area (Å²) in [5, 5.41) is 3.25. The highest BCUT2D eigenvalue weighted by Crippen LogP contribution is 2.33. The molecule has 1 amide bonds. The van der Waals surface area contributed by atoms with E-state index >= 15 is 4.39 Å². The Morgan fingerprint density at radius 3 is 2.77 bits per heavy atom. The first-order chi connectivity index (χ1) is 19.3. The molecule has 4 aromatic rings. The van der Waals surface area contributed by atoms with Gasteiger partial charge in [-0.3, -0.25) is 9.78 Å². The van der Waals surface area contributed by atoms with Gasteiger partial charge in [0.25, 0.3) is 5.91 Å². The quantitative estimate of drug-likeness (QED) is 0.274. The molecule has 0 bridgehead atoms. The van der Waals surface area contributed by atoms with Crippen molar-refractivity contribution >= 4 is 34.6 Å². The first-order valence-corrected chi connectivity index (χ1v) is 13.1. The summed E-state index contributed by atoms with van der Waals surface area (Å²) in [6, 6.07) is 13.8. The summed E-state index contributed by atoms with van der Waals surface area (Å²) in [4.78, 5) is 23.7. The zero-order chi connectivity index (χ0) is 28.2. The average Bonchev–Trinajstić information content (AvgIpc) is 2.94. The van der Waals surface area contributed by atoms with Crippen molar-refractivity contribution in [3.05, 3.63) is 94.9 Å². The normalized spacial score (nSPS) is 15.1. The van der Waals surface area contributed by atoms with Gasteiger partial charge < -0.3 is 26.4 Å². The fourth-order valence-electron chi connectivity index (χ4n) is 4.61. The van der Waals surface area contributed by atoms with Crippen LogP contribution in [0.15, 0.2) is 67.0 Å². The Balaban J connectivity index is 1.41. The zero-order valence-electron chi connectivity index (χ0n) is 21.4. The van der Waals surface area contributed by atoms with Crippen LogP contribution in [0.5, 0.6) is 5.75 Å². The monoisotopic (exact) mass is 564 g/mol. The molecule has 5 rings (SSSR count). The summed E-state index contributed by atoms with van der Waals surface area (Å²) in [6.45, 7) is 1.39. The van der Waals surface area contributed by atoms with E-state index in [4.69, 9.17) is 27.8 Å². The molecule has 2 aromatic carbocycles. The minimum atomic E-state index is -0.966. The Bertz CT molecular complexity index is 1550. The number of hydrogen-bond donors (Lipinski definition) is 3. The van der Waals surface area contributed by atoms with E-state index in [1.54, 1.807) is 36.5 Å². The fraction of sp³-hybridized carbons (Fsp3) is 0.207. The number of rotatable bonds is 7. The van der Waals surface area contributed by atoms with Crippen LogP contribution in [-0.2, 0) is 6.61 Å². The van der Waals surface area contributed by atoms with Crippen molar-refractivity contribution in [2.45, 2.75) is 25.5 Å². The number of nitrogens with zero attached hydrogens (tertiary/aromatic N) is 3. The van der Waals surface area contributed by atoms with Crippen molar-refractivity contribution in [2.75, 3.05) is 29.0 Å². The number of pyridine rings is 2. The lowest BCUT2D eigenvalue weighted by atomic mass is 10.1. The predicted octanol–water partition coefficient (Wildman–Crippen LogP) is 5.42. The smallest absolute Gasteiger partial charge is 0.276 e. The number of aromatic nitrogens is 2. The molecule has 0 saturated carbocycles. The number of carbonyl (C=O) groups excluding carboxylic acids is 1. The molecule has 2 aromatic heterocycles. The Labute approximate surface area is 234 Å². The molecule has 40 heavy (non-hydrogen) atoms. The molecule has 3 heterocycles. The Morgan fingerprint density at radius 2 is 1.98 bits per heavy atom. The van der Waals surface area contributed by atoms with Gasteiger partial charge in [-0.25, -0.2) is 13.8 Å². The van der Waals surface area contributed by atoms with Gasteiger partial charge >= 0.3 is 0 Å². The number of hydrogen-bond acceptors (Lipinski definition) is 7. The second-order valence-electron chi connectivity index (χ2n) is 9.44. The Morgan fingerprint density at radius 1 is 1.15 bits per heavy atom. The standard InChI is InChI=1S/C29H27ClF2N6O2/c30-19-6-2-1-4-17(19)16-40-25-10-7-20(31)26(27(25)32)22-9-8-21(34)28(36-22)29(39)37-23-14-35-12-11-24(23)38-13-3-5-18(33)15-38/h1-2,4,6-12,14,18H,3,5,13,15-16,33-34H2,(H,37,39). The zero-order valence-corrected chi connectivity index (χ0v) is 22.2. The van der Waals surface area contributed by atoms with Crippen LogP contribution in [0.4, 0.5) is 25.8 Å². The van der Waals surface area contributed by atoms with Crippen molar-refractivity contribution in [2.24, 2.45) is 5.73 Å². The van der Waals surface area contributed by atoms with E-state index in [2.05, 4.69) is 20.2 Å². The van der Waals surface area contributed by atoms with Gasteiger partial charge in [0.05, 0.1) is 34.5 Å². The summed E-state index contributed by atoms with van der Waals surface area (Å²) in [6.07, 6.45) is 5.00. The van der Waals surface area contributed by atoms with E-state index in [1.165, 1.54) is 24.4 Å². The maximum atomic E-state index is 15.5. The first kappa shape index (κ1) is 27.3. The third-order valence-corrected chi connectivity index (χ3v) is 7.01. The van der Waals surface area contributed by atoms with Crippen LogP contribution in [0.25, 0.3) is 11.3 Å². The number of nitrogen functional groups attached to an aromatic ring is 1. The highest BCUT2D eigenvalue weighted by Gasteiger charge is 2.23. The van der Waals surface area contributed by atoms with Crippen molar-refractivity contribution in [1.29, 1.82) is 0 Å². The lowest BCUT2D eigenvalue weighted by molar-refractivity contribution is 0.102. The molecule has 1 unspecified atom stereocenters. The number of anilines is 3. The highest BCUT2D eigenvalue weighted by atomic mass is 35.5.